The Morgan fingerprint density at radius 1 is 0.977 bits per heavy atom. The van der Waals surface area contributed by atoms with E-state index in [9.17, 15) is 19.5 Å². The molecule has 11 nitrogen and oxygen atoms in total. The SMILES string of the molecule is COC(=O)c1ccc2c(c1)/C(=C(/Nc1ccc(N(C)C(=O)CN3CCN(C)CC3)cc1)c1ccc(NC(C)O)cc1)C(=O)N2. The van der Waals surface area contributed by atoms with E-state index in [1.54, 1.807) is 37.1 Å². The normalized spacial score (nSPS) is 16.9. The second kappa shape index (κ2) is 13.3. The third-order valence-electron chi connectivity index (χ3n) is 7.84. The van der Waals surface area contributed by atoms with Gasteiger partial charge >= 0.3 is 5.97 Å². The molecule has 11 heteroatoms. The molecule has 3 aromatic rings. The first-order valence-corrected chi connectivity index (χ1v) is 14.5. The molecule has 4 N–H and O–H groups in total. The average Bonchev–Trinajstić information content (AvgIpc) is 3.35. The van der Waals surface area contributed by atoms with Gasteiger partial charge in [0.15, 0.2) is 0 Å². The lowest BCUT2D eigenvalue weighted by atomic mass is 9.98. The Morgan fingerprint density at radius 2 is 1.61 bits per heavy atom. The van der Waals surface area contributed by atoms with Crippen molar-refractivity contribution in [1.82, 2.24) is 9.80 Å². The molecule has 2 amide bonds. The van der Waals surface area contributed by atoms with Crippen LogP contribution in [0.1, 0.15) is 28.4 Å². The number of hydrogen-bond acceptors (Lipinski definition) is 9. The van der Waals surface area contributed by atoms with Gasteiger partial charge in [-0.3, -0.25) is 14.5 Å². The third-order valence-corrected chi connectivity index (χ3v) is 7.84. The van der Waals surface area contributed by atoms with Crippen LogP contribution in [0.15, 0.2) is 66.7 Å². The monoisotopic (exact) mass is 598 g/mol. The zero-order valence-electron chi connectivity index (χ0n) is 25.4. The first-order valence-electron chi connectivity index (χ1n) is 14.5. The van der Waals surface area contributed by atoms with Crippen molar-refractivity contribution in [2.75, 3.05) is 74.8 Å². The summed E-state index contributed by atoms with van der Waals surface area (Å²) >= 11 is 0. The molecular weight excluding hydrogens is 560 g/mol. The average molecular weight is 599 g/mol. The summed E-state index contributed by atoms with van der Waals surface area (Å²) in [6.45, 7) is 5.61. The highest BCUT2D eigenvalue weighted by Gasteiger charge is 2.30. The van der Waals surface area contributed by atoms with E-state index in [0.29, 0.717) is 51.6 Å². The van der Waals surface area contributed by atoms with Crippen molar-refractivity contribution in [2.24, 2.45) is 0 Å². The number of carbonyl (C=O) groups is 3. The maximum Gasteiger partial charge on any atom is 0.337 e. The van der Waals surface area contributed by atoms with Gasteiger partial charge in [-0.25, -0.2) is 4.79 Å². The van der Waals surface area contributed by atoms with Gasteiger partial charge in [0.05, 0.1) is 30.5 Å². The Morgan fingerprint density at radius 3 is 2.25 bits per heavy atom. The Balaban J connectivity index is 1.45. The Bertz CT molecular complexity index is 1560. The second-order valence-corrected chi connectivity index (χ2v) is 11.1. The number of aliphatic hydroxyl groups is 1. The maximum absolute atomic E-state index is 13.4. The van der Waals surface area contributed by atoms with Gasteiger partial charge in [-0.1, -0.05) is 12.1 Å². The van der Waals surface area contributed by atoms with Crippen LogP contribution in [0, 0.1) is 0 Å². The minimum absolute atomic E-state index is 0.0182. The van der Waals surface area contributed by atoms with Gasteiger partial charge in [0.2, 0.25) is 5.91 Å². The second-order valence-electron chi connectivity index (χ2n) is 11.1. The number of nitrogens with zero attached hydrogens (tertiary/aromatic N) is 3. The fourth-order valence-electron chi connectivity index (χ4n) is 5.27. The molecule has 5 rings (SSSR count). The van der Waals surface area contributed by atoms with Crippen LogP contribution in [-0.4, -0.2) is 92.8 Å². The van der Waals surface area contributed by atoms with E-state index in [1.165, 1.54) is 7.11 Å². The Hall–Kier alpha value is -4.71. The molecule has 1 saturated heterocycles. The number of hydrogen-bond donors (Lipinski definition) is 4. The number of esters is 1. The number of methoxy groups -OCH3 is 1. The largest absolute Gasteiger partial charge is 0.465 e. The molecule has 2 heterocycles. The summed E-state index contributed by atoms with van der Waals surface area (Å²) < 4.78 is 4.90. The van der Waals surface area contributed by atoms with Crippen LogP contribution in [0.25, 0.3) is 11.3 Å². The molecular formula is C33H38N6O5. The van der Waals surface area contributed by atoms with Gasteiger partial charge in [0.25, 0.3) is 5.91 Å². The molecule has 44 heavy (non-hydrogen) atoms. The molecule has 3 aromatic carbocycles. The lowest BCUT2D eigenvalue weighted by molar-refractivity contribution is -0.119. The van der Waals surface area contributed by atoms with Gasteiger partial charge < -0.3 is 35.6 Å². The summed E-state index contributed by atoms with van der Waals surface area (Å²) in [6, 6.07) is 19.7. The van der Waals surface area contributed by atoms with Crippen LogP contribution >= 0.6 is 0 Å². The van der Waals surface area contributed by atoms with Crippen molar-refractivity contribution in [3.05, 3.63) is 83.4 Å². The molecule has 0 bridgehead atoms. The highest BCUT2D eigenvalue weighted by atomic mass is 16.5. The predicted octanol–water partition coefficient (Wildman–Crippen LogP) is 3.37. The Labute approximate surface area is 257 Å². The summed E-state index contributed by atoms with van der Waals surface area (Å²) in [5, 5.41) is 19.0. The summed E-state index contributed by atoms with van der Waals surface area (Å²) in [6.07, 6.45) is -0.730. The molecule has 0 spiro atoms. The number of fused-ring (bicyclic) bond motifs is 1. The van der Waals surface area contributed by atoms with Crippen molar-refractivity contribution in [1.29, 1.82) is 0 Å². The fraction of sp³-hybridized carbons (Fsp3) is 0.303. The number of anilines is 4. The number of rotatable bonds is 9. The smallest absolute Gasteiger partial charge is 0.337 e. The lowest BCUT2D eigenvalue weighted by Gasteiger charge is -2.32. The molecule has 1 fully saturated rings. The zero-order valence-corrected chi connectivity index (χ0v) is 25.4. The molecule has 2 aliphatic heterocycles. The molecule has 0 aromatic heterocycles. The number of benzene rings is 3. The lowest BCUT2D eigenvalue weighted by Crippen LogP contribution is -2.48. The van der Waals surface area contributed by atoms with Crippen molar-refractivity contribution in [3.8, 4) is 0 Å². The van der Waals surface area contributed by atoms with Crippen LogP contribution < -0.4 is 20.9 Å². The van der Waals surface area contributed by atoms with Crippen LogP contribution in [0.4, 0.5) is 22.7 Å². The number of piperazine rings is 1. The van der Waals surface area contributed by atoms with E-state index in [4.69, 9.17) is 4.74 Å². The van der Waals surface area contributed by atoms with Gasteiger partial charge in [0.1, 0.15) is 6.23 Å². The quantitative estimate of drug-likeness (QED) is 0.167. The number of amides is 2. The maximum atomic E-state index is 13.4. The number of ether oxygens (including phenoxy) is 1. The molecule has 1 atom stereocenters. The van der Waals surface area contributed by atoms with Crippen LogP contribution in [0.2, 0.25) is 0 Å². The van der Waals surface area contributed by atoms with Crippen molar-refractivity contribution >= 4 is 51.8 Å². The third kappa shape index (κ3) is 6.91. The molecule has 0 aliphatic carbocycles. The van der Waals surface area contributed by atoms with Crippen LogP contribution in [0.5, 0.6) is 0 Å². The van der Waals surface area contributed by atoms with Gasteiger partial charge in [-0.2, -0.15) is 0 Å². The number of aliphatic hydroxyl groups excluding tert-OH is 1. The van der Waals surface area contributed by atoms with E-state index in [1.807, 2.05) is 48.5 Å². The summed E-state index contributed by atoms with van der Waals surface area (Å²) in [7, 11) is 5.17. The highest BCUT2D eigenvalue weighted by molar-refractivity contribution is 6.37. The van der Waals surface area contributed by atoms with Crippen molar-refractivity contribution < 1.29 is 24.2 Å². The van der Waals surface area contributed by atoms with E-state index in [0.717, 1.165) is 31.9 Å². The molecule has 0 saturated carbocycles. The molecule has 230 valence electrons. The first kappa shape index (κ1) is 30.7. The minimum atomic E-state index is -0.730. The van der Waals surface area contributed by atoms with E-state index in [-0.39, 0.29) is 11.8 Å². The standard InChI is InChI=1S/C33H38N6O5/c1-21(40)34-24-8-5-22(6-9-24)31(30-27-19-23(33(43)44-4)7-14-28(27)36-32(30)42)35-25-10-12-26(13-11-25)38(3)29(41)20-39-17-15-37(2)16-18-39/h5-14,19,21,34-35,40H,15-18,20H2,1-4H3,(H,36,42)/b31-30-. The van der Waals surface area contributed by atoms with E-state index in [2.05, 4.69) is 32.8 Å². The predicted molar refractivity (Wildman–Crippen MR) is 172 cm³/mol. The van der Waals surface area contributed by atoms with Gasteiger partial charge in [-0.15, -0.1) is 0 Å². The summed E-state index contributed by atoms with van der Waals surface area (Å²) in [5.41, 5.74) is 5.25. The minimum Gasteiger partial charge on any atom is -0.465 e. The molecule has 0 radical (unpaired) electrons. The number of carbonyl (C=O) groups excluding carboxylic acids is 3. The Kier molecular flexibility index (Phi) is 9.29. The molecule has 1 unspecified atom stereocenters. The topological polar surface area (TPSA) is 126 Å². The van der Waals surface area contributed by atoms with Crippen molar-refractivity contribution in [2.45, 2.75) is 13.2 Å². The van der Waals surface area contributed by atoms with Gasteiger partial charge in [-0.05, 0) is 74.1 Å². The highest BCUT2D eigenvalue weighted by Crippen LogP contribution is 2.38. The summed E-state index contributed by atoms with van der Waals surface area (Å²) in [4.78, 5) is 44.8. The van der Waals surface area contributed by atoms with Crippen molar-refractivity contribution in [3.63, 3.8) is 0 Å². The first-order chi connectivity index (χ1) is 21.1. The summed E-state index contributed by atoms with van der Waals surface area (Å²) in [5.74, 6) is -0.803. The van der Waals surface area contributed by atoms with Gasteiger partial charge in [0, 0.05) is 61.5 Å². The molecule has 2 aliphatic rings. The van der Waals surface area contributed by atoms with E-state index < -0.39 is 12.2 Å². The van der Waals surface area contributed by atoms with Crippen LogP contribution in [0.3, 0.4) is 0 Å². The van der Waals surface area contributed by atoms with Crippen LogP contribution in [-0.2, 0) is 14.3 Å². The number of likely N-dealkylation sites (N-methyl/N-ethyl adjacent to an activating group) is 2. The zero-order chi connectivity index (χ0) is 31.4. The van der Waals surface area contributed by atoms with E-state index >= 15 is 0 Å². The number of nitrogens with one attached hydrogen (secondary N) is 3. The fourth-order valence-corrected chi connectivity index (χ4v) is 5.27.